The predicted octanol–water partition coefficient (Wildman–Crippen LogP) is 2.58. The van der Waals surface area contributed by atoms with Gasteiger partial charge in [-0.15, -0.1) is 12.4 Å². The summed E-state index contributed by atoms with van der Waals surface area (Å²) in [5, 5.41) is 7.22. The number of carbonyl (C=O) groups is 1. The van der Waals surface area contributed by atoms with Gasteiger partial charge in [0.05, 0.1) is 6.61 Å². The average molecular weight is 359 g/mol. The second-order valence-corrected chi connectivity index (χ2v) is 7.45. The summed E-state index contributed by atoms with van der Waals surface area (Å²) in [5.41, 5.74) is 1.46. The minimum absolute atomic E-state index is 0. The zero-order valence-electron chi connectivity index (χ0n) is 13.5. The lowest BCUT2D eigenvalue weighted by molar-refractivity contribution is -0.135. The summed E-state index contributed by atoms with van der Waals surface area (Å²) in [5.74, 6) is 0.00742. The number of hydrogen-bond donors (Lipinski definition) is 2. The minimum Gasteiger partial charge on any atom is -0.365 e. The van der Waals surface area contributed by atoms with Crippen LogP contribution in [0.4, 0.5) is 0 Å². The van der Waals surface area contributed by atoms with Crippen LogP contribution in [0.2, 0.25) is 5.02 Å². The second kappa shape index (κ2) is 7.39. The van der Waals surface area contributed by atoms with Crippen LogP contribution in [0.3, 0.4) is 0 Å². The molecule has 2 aliphatic rings. The number of amides is 1. The molecule has 4 nitrogen and oxygen atoms in total. The number of carbonyl (C=O) groups excluding carboxylic acids is 1. The zero-order valence-corrected chi connectivity index (χ0v) is 15.0. The first kappa shape index (κ1) is 18.5. The highest BCUT2D eigenvalue weighted by Crippen LogP contribution is 2.44. The fourth-order valence-corrected chi connectivity index (χ4v) is 2.93. The number of rotatable bonds is 4. The van der Waals surface area contributed by atoms with Gasteiger partial charge in [-0.25, -0.2) is 0 Å². The highest BCUT2D eigenvalue weighted by atomic mass is 35.5. The van der Waals surface area contributed by atoms with Crippen LogP contribution in [0.15, 0.2) is 24.3 Å². The summed E-state index contributed by atoms with van der Waals surface area (Å²) in [4.78, 5) is 12.1. The fourth-order valence-electron chi connectivity index (χ4n) is 2.81. The van der Waals surface area contributed by atoms with Crippen LogP contribution in [0.5, 0.6) is 0 Å². The van der Waals surface area contributed by atoms with Crippen molar-refractivity contribution in [2.45, 2.75) is 44.9 Å². The van der Waals surface area contributed by atoms with Crippen molar-refractivity contribution in [2.75, 3.05) is 13.2 Å². The molecule has 3 atom stereocenters. The molecule has 1 aliphatic carbocycles. The maximum Gasteiger partial charge on any atom is 0.250 e. The number of benzene rings is 1. The number of morpholine rings is 1. The summed E-state index contributed by atoms with van der Waals surface area (Å²) in [6.45, 7) is 5.45. The molecule has 1 aromatic rings. The Kier molecular flexibility index (Phi) is 5.95. The van der Waals surface area contributed by atoms with Gasteiger partial charge in [0.1, 0.15) is 6.10 Å². The van der Waals surface area contributed by atoms with Gasteiger partial charge in [-0.1, -0.05) is 37.6 Å². The number of halogens is 2. The molecule has 128 valence electrons. The van der Waals surface area contributed by atoms with Gasteiger partial charge in [0.25, 0.3) is 5.91 Å². The summed E-state index contributed by atoms with van der Waals surface area (Å²) in [6.07, 6.45) is 1.55. The quantitative estimate of drug-likeness (QED) is 0.869. The molecule has 23 heavy (non-hydrogen) atoms. The maximum absolute atomic E-state index is 12.1. The molecule has 2 fully saturated rings. The third-order valence-corrected chi connectivity index (χ3v) is 4.86. The van der Waals surface area contributed by atoms with E-state index in [9.17, 15) is 4.79 Å². The Labute approximate surface area is 148 Å². The van der Waals surface area contributed by atoms with E-state index in [0.29, 0.717) is 19.2 Å². The van der Waals surface area contributed by atoms with Crippen LogP contribution in [0, 0.1) is 5.41 Å². The van der Waals surface area contributed by atoms with Gasteiger partial charge in [-0.3, -0.25) is 4.79 Å². The molecule has 2 N–H and O–H groups in total. The van der Waals surface area contributed by atoms with Crippen molar-refractivity contribution in [2.24, 2.45) is 5.41 Å². The zero-order chi connectivity index (χ0) is 15.7. The Hall–Kier alpha value is -0.810. The largest absolute Gasteiger partial charge is 0.365 e. The monoisotopic (exact) mass is 358 g/mol. The van der Waals surface area contributed by atoms with Gasteiger partial charge in [0.15, 0.2) is 0 Å². The van der Waals surface area contributed by atoms with Crippen molar-refractivity contribution in [3.05, 3.63) is 34.9 Å². The lowest BCUT2D eigenvalue weighted by atomic mass is 10.1. The molecule has 3 rings (SSSR count). The first-order valence-corrected chi connectivity index (χ1v) is 8.22. The van der Waals surface area contributed by atoms with Gasteiger partial charge in [-0.05, 0) is 36.0 Å². The lowest BCUT2D eigenvalue weighted by Gasteiger charge is -2.30. The van der Waals surface area contributed by atoms with Crippen LogP contribution in [-0.2, 0) is 16.0 Å². The van der Waals surface area contributed by atoms with Gasteiger partial charge in [0, 0.05) is 23.7 Å². The first-order chi connectivity index (χ1) is 10.4. The maximum atomic E-state index is 12.1. The van der Waals surface area contributed by atoms with Gasteiger partial charge in [0.2, 0.25) is 0 Å². The molecule has 1 heterocycles. The van der Waals surface area contributed by atoms with Crippen molar-refractivity contribution in [1.29, 1.82) is 0 Å². The molecule has 0 bridgehead atoms. The summed E-state index contributed by atoms with van der Waals surface area (Å²) >= 11 is 5.89. The third-order valence-electron chi connectivity index (χ3n) is 4.61. The molecule has 1 amide bonds. The van der Waals surface area contributed by atoms with Crippen LogP contribution >= 0.6 is 24.0 Å². The Bertz CT molecular complexity index is 540. The van der Waals surface area contributed by atoms with Crippen molar-refractivity contribution in [1.82, 2.24) is 10.6 Å². The molecule has 1 saturated heterocycles. The molecule has 0 radical (unpaired) electrons. The standard InChI is InChI=1S/C17H23ClN2O2.ClH/c1-17(2)8-15(17)20-16(21)14-9-19-13(10-22-14)7-11-3-5-12(18)6-4-11;/h3-6,13-15,19H,7-10H2,1-2H3,(H,20,21);1H/t13-,14+,15?;/m0./s1. The van der Waals surface area contributed by atoms with Gasteiger partial charge in [-0.2, -0.15) is 0 Å². The van der Waals surface area contributed by atoms with E-state index in [-0.39, 0.29) is 35.9 Å². The molecule has 1 aromatic carbocycles. The Morgan fingerprint density at radius 3 is 2.57 bits per heavy atom. The molecular weight excluding hydrogens is 335 g/mol. The highest BCUT2D eigenvalue weighted by molar-refractivity contribution is 6.30. The Balaban J connectivity index is 0.00000192. The molecule has 0 spiro atoms. The molecule has 1 unspecified atom stereocenters. The van der Waals surface area contributed by atoms with Gasteiger partial charge < -0.3 is 15.4 Å². The summed E-state index contributed by atoms with van der Waals surface area (Å²) in [7, 11) is 0. The molecule has 1 aliphatic heterocycles. The average Bonchev–Trinajstić information content (AvgIpc) is 3.09. The number of nitrogens with one attached hydrogen (secondary N) is 2. The molecule has 6 heteroatoms. The SMILES string of the molecule is CC1(C)CC1NC(=O)[C@H]1CN[C@@H](Cc2ccc(Cl)cc2)CO1.Cl. The number of hydrogen-bond acceptors (Lipinski definition) is 3. The predicted molar refractivity (Wildman–Crippen MR) is 94.3 cm³/mol. The molecular formula is C17H24Cl2N2O2. The van der Waals surface area contributed by atoms with E-state index in [1.807, 2.05) is 24.3 Å². The lowest BCUT2D eigenvalue weighted by Crippen LogP contribution is -2.53. The normalized spacial score (nSPS) is 28.6. The second-order valence-electron chi connectivity index (χ2n) is 7.01. The van der Waals surface area contributed by atoms with Gasteiger partial charge >= 0.3 is 0 Å². The Morgan fingerprint density at radius 1 is 1.39 bits per heavy atom. The van der Waals surface area contributed by atoms with Crippen molar-refractivity contribution >= 4 is 29.9 Å². The van der Waals surface area contributed by atoms with Crippen LogP contribution in [0.1, 0.15) is 25.8 Å². The fraction of sp³-hybridized carbons (Fsp3) is 0.588. The van der Waals surface area contributed by atoms with E-state index in [4.69, 9.17) is 16.3 Å². The van der Waals surface area contributed by atoms with E-state index < -0.39 is 0 Å². The minimum atomic E-state index is -0.377. The van der Waals surface area contributed by atoms with Crippen molar-refractivity contribution in [3.63, 3.8) is 0 Å². The van der Waals surface area contributed by atoms with Crippen LogP contribution < -0.4 is 10.6 Å². The van der Waals surface area contributed by atoms with E-state index >= 15 is 0 Å². The topological polar surface area (TPSA) is 50.4 Å². The third kappa shape index (κ3) is 4.83. The first-order valence-electron chi connectivity index (χ1n) is 7.84. The van der Waals surface area contributed by atoms with E-state index in [0.717, 1.165) is 17.9 Å². The van der Waals surface area contributed by atoms with Crippen LogP contribution in [-0.4, -0.2) is 37.2 Å². The van der Waals surface area contributed by atoms with Crippen molar-refractivity contribution in [3.8, 4) is 0 Å². The smallest absolute Gasteiger partial charge is 0.250 e. The van der Waals surface area contributed by atoms with Crippen molar-refractivity contribution < 1.29 is 9.53 Å². The van der Waals surface area contributed by atoms with E-state index in [1.165, 1.54) is 5.56 Å². The molecule has 1 saturated carbocycles. The number of ether oxygens (including phenoxy) is 1. The highest BCUT2D eigenvalue weighted by Gasteiger charge is 2.47. The summed E-state index contributed by atoms with van der Waals surface area (Å²) in [6, 6.07) is 8.39. The van der Waals surface area contributed by atoms with E-state index in [1.54, 1.807) is 0 Å². The Morgan fingerprint density at radius 2 is 2.04 bits per heavy atom. The summed E-state index contributed by atoms with van der Waals surface area (Å²) < 4.78 is 5.74. The van der Waals surface area contributed by atoms with Crippen LogP contribution in [0.25, 0.3) is 0 Å². The molecule has 0 aromatic heterocycles. The van der Waals surface area contributed by atoms with E-state index in [2.05, 4.69) is 24.5 Å².